The van der Waals surface area contributed by atoms with Gasteiger partial charge in [-0.15, -0.1) is 0 Å². The maximum atomic E-state index is 12.9. The van der Waals surface area contributed by atoms with Crippen LogP contribution in [0, 0.1) is 0 Å². The summed E-state index contributed by atoms with van der Waals surface area (Å²) < 4.78 is 19.3. The van der Waals surface area contributed by atoms with Gasteiger partial charge in [0.05, 0.1) is 24.4 Å². The van der Waals surface area contributed by atoms with Gasteiger partial charge in [0.1, 0.15) is 6.61 Å². The Balaban J connectivity index is 2.42. The van der Waals surface area contributed by atoms with E-state index in [4.69, 9.17) is 13.6 Å². The van der Waals surface area contributed by atoms with E-state index in [0.717, 1.165) is 77.4 Å². The summed E-state index contributed by atoms with van der Waals surface area (Å²) in [6.45, 7) is 44.8. The summed E-state index contributed by atoms with van der Waals surface area (Å²) in [5.41, 5.74) is 0. The van der Waals surface area contributed by atoms with Gasteiger partial charge in [0, 0.05) is 75.8 Å². The Labute approximate surface area is 368 Å². The molecule has 1 aliphatic heterocycles. The molecule has 1 aliphatic rings. The average molecular weight is 896 g/mol. The van der Waals surface area contributed by atoms with E-state index in [1.807, 2.05) is 35.4 Å². The fraction of sp³-hybridized carbons (Fsp3) is 0.977. The van der Waals surface area contributed by atoms with Crippen molar-refractivity contribution in [1.29, 1.82) is 0 Å². The second kappa shape index (κ2) is 27.5. The molecule has 1 fully saturated rings. The third-order valence-corrected chi connectivity index (χ3v) is 24.2. The molecule has 58 heavy (non-hydrogen) atoms. The molecule has 0 saturated carbocycles. The van der Waals surface area contributed by atoms with Crippen LogP contribution in [-0.4, -0.2) is 172 Å². The van der Waals surface area contributed by atoms with Crippen molar-refractivity contribution >= 4 is 44.2 Å². The van der Waals surface area contributed by atoms with Crippen LogP contribution in [0.1, 0.15) is 122 Å². The van der Waals surface area contributed by atoms with Crippen molar-refractivity contribution in [1.82, 2.24) is 19.6 Å². The van der Waals surface area contributed by atoms with E-state index in [1.54, 1.807) is 0 Å². The molecule has 6 atom stereocenters. The summed E-state index contributed by atoms with van der Waals surface area (Å²) in [4.78, 5) is 22.7. The number of hydrogen-bond donors (Lipinski definition) is 2. The van der Waals surface area contributed by atoms with Crippen molar-refractivity contribution in [2.45, 2.75) is 194 Å². The maximum Gasteiger partial charge on any atom is 0.305 e. The number of piperazine rings is 1. The number of ether oxygens (including phenoxy) is 1. The third kappa shape index (κ3) is 23.7. The molecule has 6 unspecified atom stereocenters. The minimum absolute atomic E-state index is 0.0986. The fourth-order valence-electron chi connectivity index (χ4n) is 7.20. The van der Waals surface area contributed by atoms with Crippen LogP contribution in [0.5, 0.6) is 0 Å². The summed E-state index contributed by atoms with van der Waals surface area (Å²) >= 11 is 0. The highest BCUT2D eigenvalue weighted by molar-refractivity contribution is 8.76. The van der Waals surface area contributed by atoms with Crippen LogP contribution >= 0.6 is 21.6 Å². The van der Waals surface area contributed by atoms with Gasteiger partial charge in [0.15, 0.2) is 16.6 Å². The summed E-state index contributed by atoms with van der Waals surface area (Å²) in [5.74, 6) is 2.23. The topological polar surface area (TPSA) is 98.2 Å². The smallest absolute Gasteiger partial charge is 0.305 e. The van der Waals surface area contributed by atoms with Gasteiger partial charge in [0.2, 0.25) is 0 Å². The van der Waals surface area contributed by atoms with E-state index in [2.05, 4.69) is 115 Å². The molecular weight excluding hydrogens is 801 g/mol. The van der Waals surface area contributed by atoms with E-state index in [1.165, 1.54) is 18.6 Å². The number of carbonyl (C=O) groups is 1. The number of carbonyl (C=O) groups excluding carboxylic acids is 1. The first kappa shape index (κ1) is 56.3. The van der Waals surface area contributed by atoms with Crippen LogP contribution in [0.15, 0.2) is 0 Å². The Morgan fingerprint density at radius 3 is 1.53 bits per heavy atom. The van der Waals surface area contributed by atoms with Crippen molar-refractivity contribution in [3.63, 3.8) is 0 Å². The Kier molecular flexibility index (Phi) is 26.7. The number of esters is 1. The zero-order chi connectivity index (χ0) is 44.3. The molecule has 0 spiro atoms. The van der Waals surface area contributed by atoms with Gasteiger partial charge in [-0.3, -0.25) is 24.4 Å². The predicted molar refractivity (Wildman–Crippen MR) is 257 cm³/mol. The average Bonchev–Trinajstić information content (AvgIpc) is 3.05. The van der Waals surface area contributed by atoms with Gasteiger partial charge in [-0.05, 0) is 130 Å². The molecular formula is C44H94N4O6S2Si2. The normalized spacial score (nSPS) is 20.1. The molecule has 0 bridgehead atoms. The Bertz CT molecular complexity index is 1060. The van der Waals surface area contributed by atoms with Crippen molar-refractivity contribution in [3.05, 3.63) is 0 Å². The van der Waals surface area contributed by atoms with Crippen LogP contribution in [-0.2, 0) is 18.4 Å². The molecule has 0 aromatic heterocycles. The number of aliphatic hydroxyl groups is 2. The maximum absolute atomic E-state index is 12.9. The fourth-order valence-corrected chi connectivity index (χ4v) is 12.4. The van der Waals surface area contributed by atoms with Crippen molar-refractivity contribution < 1.29 is 28.6 Å². The molecule has 0 aliphatic carbocycles. The highest BCUT2D eigenvalue weighted by Gasteiger charge is 2.40. The van der Waals surface area contributed by atoms with E-state index in [0.29, 0.717) is 38.2 Å². The lowest BCUT2D eigenvalue weighted by molar-refractivity contribution is -0.144. The SMILES string of the molecule is CC(O)CN(CCCCSSCCCCN1CC(C)N(CCOC(=O)CCCN(CC(C)O[Si](C)(C)C(C)(C)C)CC(C)O[Si](C)(C)C(C)(C)C)CC1C)CC(C)O. The number of rotatable bonds is 30. The first-order valence-corrected chi connectivity index (χ1v) is 31.1. The van der Waals surface area contributed by atoms with Gasteiger partial charge in [-0.1, -0.05) is 63.1 Å². The van der Waals surface area contributed by atoms with E-state index < -0.39 is 16.6 Å². The molecule has 1 heterocycles. The summed E-state index contributed by atoms with van der Waals surface area (Å²) in [6, 6.07) is 0.935. The molecule has 0 radical (unpaired) electrons. The van der Waals surface area contributed by atoms with Gasteiger partial charge < -0.3 is 23.8 Å². The van der Waals surface area contributed by atoms with Crippen LogP contribution in [0.3, 0.4) is 0 Å². The molecule has 0 amide bonds. The predicted octanol–water partition coefficient (Wildman–Crippen LogP) is 8.83. The zero-order valence-corrected chi connectivity index (χ0v) is 44.2. The molecule has 0 aromatic rings. The van der Waals surface area contributed by atoms with E-state index in [9.17, 15) is 15.0 Å². The zero-order valence-electron chi connectivity index (χ0n) is 40.5. The number of hydrogen-bond acceptors (Lipinski definition) is 12. The monoisotopic (exact) mass is 895 g/mol. The van der Waals surface area contributed by atoms with Gasteiger partial charge in [0.25, 0.3) is 0 Å². The van der Waals surface area contributed by atoms with Crippen molar-refractivity contribution in [2.75, 3.05) is 83.6 Å². The molecule has 1 saturated heterocycles. The van der Waals surface area contributed by atoms with Crippen LogP contribution in [0.25, 0.3) is 0 Å². The molecule has 346 valence electrons. The van der Waals surface area contributed by atoms with Crippen molar-refractivity contribution in [2.24, 2.45) is 0 Å². The summed E-state index contributed by atoms with van der Waals surface area (Å²) in [6.07, 6.45) is 5.38. The largest absolute Gasteiger partial charge is 0.464 e. The van der Waals surface area contributed by atoms with E-state index >= 15 is 0 Å². The Morgan fingerprint density at radius 1 is 0.672 bits per heavy atom. The van der Waals surface area contributed by atoms with Crippen LogP contribution in [0.2, 0.25) is 36.3 Å². The van der Waals surface area contributed by atoms with Gasteiger partial charge in [-0.25, -0.2) is 0 Å². The van der Waals surface area contributed by atoms with Gasteiger partial charge >= 0.3 is 5.97 Å². The minimum atomic E-state index is -1.90. The standard InChI is InChI=1S/C44H94N4O6S2Si2/c1-36-31-48(37(2)30-47(36)25-18-20-29-56-55-28-19-17-23-45(32-38(3)49)33-39(4)50)26-27-52-42(51)22-21-24-46(34-40(5)53-57(13,14)43(7,8)9)35-41(6)54-58(15,16)44(10,11)12/h36-41,49-50H,17-35H2,1-16H3. The first-order valence-electron chi connectivity index (χ1n) is 22.8. The lowest BCUT2D eigenvalue weighted by atomic mass is 10.1. The molecule has 0 aromatic carbocycles. The molecule has 2 N–H and O–H groups in total. The number of nitrogens with zero attached hydrogens (tertiary/aromatic N) is 4. The number of aliphatic hydroxyl groups excluding tert-OH is 2. The van der Waals surface area contributed by atoms with Crippen molar-refractivity contribution in [3.8, 4) is 0 Å². The lowest BCUT2D eigenvalue weighted by Gasteiger charge is -2.44. The Hall–Kier alpha value is 0.284. The quantitative estimate of drug-likeness (QED) is 0.0312. The second-order valence-electron chi connectivity index (χ2n) is 20.7. The lowest BCUT2D eigenvalue weighted by Crippen LogP contribution is -2.57. The van der Waals surface area contributed by atoms with Gasteiger partial charge in [-0.2, -0.15) is 0 Å². The molecule has 14 heteroatoms. The minimum Gasteiger partial charge on any atom is -0.464 e. The third-order valence-electron chi connectivity index (χ3n) is 12.4. The summed E-state index contributed by atoms with van der Waals surface area (Å²) in [7, 11) is 0.176. The highest BCUT2D eigenvalue weighted by Crippen LogP contribution is 2.38. The second-order valence-corrected chi connectivity index (χ2v) is 32.9. The number of unbranched alkanes of at least 4 members (excludes halogenated alkanes) is 2. The van der Waals surface area contributed by atoms with E-state index in [-0.39, 0.29) is 40.5 Å². The van der Waals surface area contributed by atoms with Crippen LogP contribution < -0.4 is 0 Å². The molecule has 1 rings (SSSR count). The first-order chi connectivity index (χ1) is 26.7. The Morgan fingerprint density at radius 2 is 1.09 bits per heavy atom. The highest BCUT2D eigenvalue weighted by atomic mass is 33.1. The van der Waals surface area contributed by atoms with Crippen LogP contribution in [0.4, 0.5) is 0 Å². The summed E-state index contributed by atoms with van der Waals surface area (Å²) in [5, 5.41) is 19.8. The molecule has 10 nitrogen and oxygen atoms in total.